The Bertz CT molecular complexity index is 1220. The van der Waals surface area contributed by atoms with Gasteiger partial charge in [0.15, 0.2) is 18.1 Å². The van der Waals surface area contributed by atoms with Crippen molar-refractivity contribution in [3.05, 3.63) is 72.8 Å². The zero-order valence-corrected chi connectivity index (χ0v) is 20.2. The number of rotatable bonds is 11. The van der Waals surface area contributed by atoms with Crippen molar-refractivity contribution in [3.63, 3.8) is 0 Å². The van der Waals surface area contributed by atoms with Crippen LogP contribution in [0.2, 0.25) is 0 Å². The van der Waals surface area contributed by atoms with E-state index in [1.165, 1.54) is 29.6 Å². The van der Waals surface area contributed by atoms with E-state index >= 15 is 0 Å². The fraction of sp³-hybridized carbons (Fsp3) is 0.240. The fourth-order valence-electron chi connectivity index (χ4n) is 3.33. The summed E-state index contributed by atoms with van der Waals surface area (Å²) in [5, 5.41) is 2.68. The molecule has 0 saturated carbocycles. The highest BCUT2D eigenvalue weighted by Crippen LogP contribution is 2.31. The molecule has 0 atom stereocenters. The van der Waals surface area contributed by atoms with Gasteiger partial charge in [0.1, 0.15) is 5.75 Å². The van der Waals surface area contributed by atoms with Gasteiger partial charge in [-0.15, -0.1) is 0 Å². The van der Waals surface area contributed by atoms with E-state index in [9.17, 15) is 13.2 Å². The lowest BCUT2D eigenvalue weighted by Crippen LogP contribution is -2.30. The van der Waals surface area contributed by atoms with Crippen molar-refractivity contribution in [1.82, 2.24) is 0 Å². The third kappa shape index (κ3) is 5.79. The van der Waals surface area contributed by atoms with Crippen LogP contribution in [0, 0.1) is 0 Å². The monoisotopic (exact) mass is 484 g/mol. The smallest absolute Gasteiger partial charge is 0.264 e. The Morgan fingerprint density at radius 1 is 0.882 bits per heavy atom. The van der Waals surface area contributed by atoms with Crippen molar-refractivity contribution in [3.8, 4) is 17.2 Å². The molecule has 0 aromatic heterocycles. The van der Waals surface area contributed by atoms with Crippen molar-refractivity contribution in [2.45, 2.75) is 18.7 Å². The molecule has 1 N–H and O–H groups in total. The van der Waals surface area contributed by atoms with Crippen molar-refractivity contribution >= 4 is 27.3 Å². The number of carbonyl (C=O) groups excluding carboxylic acids is 1. The quantitative estimate of drug-likeness (QED) is 0.436. The van der Waals surface area contributed by atoms with Gasteiger partial charge in [0.05, 0.1) is 30.0 Å². The number of benzene rings is 3. The Hall–Kier alpha value is -3.72. The third-order valence-corrected chi connectivity index (χ3v) is 6.77. The predicted molar refractivity (Wildman–Crippen MR) is 131 cm³/mol. The highest BCUT2D eigenvalue weighted by atomic mass is 32.2. The second-order valence-corrected chi connectivity index (χ2v) is 8.95. The second kappa shape index (κ2) is 11.4. The first-order valence-corrected chi connectivity index (χ1v) is 12.2. The van der Waals surface area contributed by atoms with Gasteiger partial charge in [-0.3, -0.25) is 9.10 Å². The number of sulfonamides is 1. The molecule has 0 aliphatic carbocycles. The highest BCUT2D eigenvalue weighted by Gasteiger charge is 2.25. The number of nitrogens with zero attached hydrogens (tertiary/aromatic N) is 1. The summed E-state index contributed by atoms with van der Waals surface area (Å²) < 4.78 is 44.4. The SMILES string of the molecule is CCOc1ccccc1OCC(=O)Nc1cc(S(=O)(=O)N(CC)c2ccccc2)ccc1OC. The summed E-state index contributed by atoms with van der Waals surface area (Å²) in [5.41, 5.74) is 0.771. The van der Waals surface area contributed by atoms with Gasteiger partial charge >= 0.3 is 0 Å². The van der Waals surface area contributed by atoms with E-state index in [4.69, 9.17) is 14.2 Å². The van der Waals surface area contributed by atoms with Crippen LogP contribution in [0.5, 0.6) is 17.2 Å². The maximum absolute atomic E-state index is 13.3. The Balaban J connectivity index is 1.81. The molecule has 0 radical (unpaired) electrons. The number of hydrogen-bond acceptors (Lipinski definition) is 6. The van der Waals surface area contributed by atoms with Gasteiger partial charge < -0.3 is 19.5 Å². The minimum absolute atomic E-state index is 0.0249. The van der Waals surface area contributed by atoms with Crippen LogP contribution >= 0.6 is 0 Å². The molecule has 0 fully saturated rings. The molecule has 0 unspecified atom stereocenters. The van der Waals surface area contributed by atoms with Crippen LogP contribution in [-0.2, 0) is 14.8 Å². The first kappa shape index (κ1) is 24.9. The molecule has 3 rings (SSSR count). The average molecular weight is 485 g/mol. The van der Waals surface area contributed by atoms with Gasteiger partial charge in [0.25, 0.3) is 15.9 Å². The molecule has 34 heavy (non-hydrogen) atoms. The van der Waals surface area contributed by atoms with Gasteiger partial charge in [-0.05, 0) is 56.3 Å². The number of methoxy groups -OCH3 is 1. The maximum atomic E-state index is 13.3. The van der Waals surface area contributed by atoms with E-state index in [2.05, 4.69) is 5.32 Å². The van der Waals surface area contributed by atoms with Gasteiger partial charge in [0, 0.05) is 6.54 Å². The van der Waals surface area contributed by atoms with Crippen LogP contribution in [0.4, 0.5) is 11.4 Å². The minimum Gasteiger partial charge on any atom is -0.495 e. The predicted octanol–water partition coefficient (Wildman–Crippen LogP) is 4.33. The maximum Gasteiger partial charge on any atom is 0.264 e. The van der Waals surface area contributed by atoms with E-state index in [-0.39, 0.29) is 23.7 Å². The lowest BCUT2D eigenvalue weighted by molar-refractivity contribution is -0.118. The zero-order valence-electron chi connectivity index (χ0n) is 19.4. The Kier molecular flexibility index (Phi) is 8.37. The van der Waals surface area contributed by atoms with E-state index in [1.807, 2.05) is 19.1 Å². The van der Waals surface area contributed by atoms with Gasteiger partial charge in [-0.1, -0.05) is 30.3 Å². The number of ether oxygens (including phenoxy) is 3. The standard InChI is InChI=1S/C25H28N2O6S/c1-4-27(19-11-7-6-8-12-19)34(29,30)20-15-16-22(31-3)21(17-20)26-25(28)18-33-24-14-10-9-13-23(24)32-5-2/h6-17H,4-5,18H2,1-3H3,(H,26,28). The number of nitrogens with one attached hydrogen (secondary N) is 1. The van der Waals surface area contributed by atoms with Crippen LogP contribution in [0.3, 0.4) is 0 Å². The van der Waals surface area contributed by atoms with Crippen LogP contribution < -0.4 is 23.8 Å². The molecule has 3 aromatic carbocycles. The molecule has 0 aliphatic rings. The third-order valence-electron chi connectivity index (χ3n) is 4.87. The topological polar surface area (TPSA) is 94.2 Å². The fourth-order valence-corrected chi connectivity index (χ4v) is 4.83. The molecular formula is C25H28N2O6S. The first-order chi connectivity index (χ1) is 16.4. The summed E-state index contributed by atoms with van der Waals surface area (Å²) in [6.45, 7) is 4.02. The van der Waals surface area contributed by atoms with Gasteiger partial charge in [-0.2, -0.15) is 0 Å². The summed E-state index contributed by atoms with van der Waals surface area (Å²) in [6, 6.07) is 20.2. The zero-order chi connectivity index (χ0) is 24.6. The molecule has 0 heterocycles. The summed E-state index contributed by atoms with van der Waals surface area (Å²) in [7, 11) is -2.44. The Morgan fingerprint density at radius 3 is 2.15 bits per heavy atom. The number of amides is 1. The van der Waals surface area contributed by atoms with E-state index in [0.29, 0.717) is 29.5 Å². The van der Waals surface area contributed by atoms with Crippen LogP contribution in [0.15, 0.2) is 77.7 Å². The Labute approximate surface area is 200 Å². The molecule has 0 aliphatic heterocycles. The number of carbonyl (C=O) groups is 1. The summed E-state index contributed by atoms with van der Waals surface area (Å²) in [5.74, 6) is 0.813. The normalized spacial score (nSPS) is 10.9. The van der Waals surface area contributed by atoms with Crippen LogP contribution in [0.25, 0.3) is 0 Å². The van der Waals surface area contributed by atoms with Crippen molar-refractivity contribution in [1.29, 1.82) is 0 Å². The molecular weight excluding hydrogens is 456 g/mol. The first-order valence-electron chi connectivity index (χ1n) is 10.8. The summed E-state index contributed by atoms with van der Waals surface area (Å²) in [4.78, 5) is 12.6. The molecule has 0 spiro atoms. The molecule has 8 nitrogen and oxygen atoms in total. The van der Waals surface area contributed by atoms with Crippen molar-refractivity contribution in [2.24, 2.45) is 0 Å². The molecule has 0 saturated heterocycles. The number of anilines is 2. The molecule has 0 bridgehead atoms. The Morgan fingerprint density at radius 2 is 1.53 bits per heavy atom. The summed E-state index contributed by atoms with van der Waals surface area (Å²) >= 11 is 0. The lowest BCUT2D eigenvalue weighted by atomic mass is 10.3. The van der Waals surface area contributed by atoms with Crippen LogP contribution in [-0.4, -0.2) is 41.2 Å². The number of para-hydroxylation sites is 3. The largest absolute Gasteiger partial charge is 0.495 e. The molecule has 3 aromatic rings. The molecule has 180 valence electrons. The number of hydrogen-bond donors (Lipinski definition) is 1. The van der Waals surface area contributed by atoms with Crippen LogP contribution in [0.1, 0.15) is 13.8 Å². The van der Waals surface area contributed by atoms with Crippen molar-refractivity contribution < 1.29 is 27.4 Å². The average Bonchev–Trinajstić information content (AvgIpc) is 2.84. The minimum atomic E-state index is -3.88. The van der Waals surface area contributed by atoms with E-state index in [0.717, 1.165) is 0 Å². The molecule has 9 heteroatoms. The molecule has 1 amide bonds. The second-order valence-electron chi connectivity index (χ2n) is 7.08. The van der Waals surface area contributed by atoms with Gasteiger partial charge in [-0.25, -0.2) is 8.42 Å². The highest BCUT2D eigenvalue weighted by molar-refractivity contribution is 7.92. The van der Waals surface area contributed by atoms with E-state index < -0.39 is 15.9 Å². The summed E-state index contributed by atoms with van der Waals surface area (Å²) in [6.07, 6.45) is 0. The lowest BCUT2D eigenvalue weighted by Gasteiger charge is -2.23. The van der Waals surface area contributed by atoms with Gasteiger partial charge in [0.2, 0.25) is 0 Å². The van der Waals surface area contributed by atoms with E-state index in [1.54, 1.807) is 49.4 Å². The van der Waals surface area contributed by atoms with Crippen molar-refractivity contribution in [2.75, 3.05) is 36.5 Å².